The molecule has 1 heterocycles. The van der Waals surface area contributed by atoms with E-state index in [4.69, 9.17) is 19.8 Å². The molecule has 0 atom stereocenters. The van der Waals surface area contributed by atoms with E-state index in [2.05, 4.69) is 10.6 Å². The predicted octanol–water partition coefficient (Wildman–Crippen LogP) is -0.641. The minimum atomic E-state index is -0.833. The van der Waals surface area contributed by atoms with Crippen LogP contribution in [0.15, 0.2) is 0 Å². The van der Waals surface area contributed by atoms with Crippen LogP contribution in [0.5, 0.6) is 0 Å². The fraction of sp³-hybridized carbons (Fsp3) is 0.750. The summed E-state index contributed by atoms with van der Waals surface area (Å²) in [6.07, 6.45) is 0. The second kappa shape index (κ2) is 9.94. The summed E-state index contributed by atoms with van der Waals surface area (Å²) in [5, 5.41) is 21.1. The van der Waals surface area contributed by atoms with E-state index < -0.39 is 11.9 Å². The summed E-state index contributed by atoms with van der Waals surface area (Å²) in [4.78, 5) is 18.0. The van der Waals surface area contributed by atoms with Gasteiger partial charge in [-0.1, -0.05) is 0 Å². The fourth-order valence-electron chi connectivity index (χ4n) is 0.493. The summed E-state index contributed by atoms with van der Waals surface area (Å²) in [6, 6.07) is 0.755. The predicted molar refractivity (Wildman–Crippen MR) is 52.3 cm³/mol. The van der Waals surface area contributed by atoms with Gasteiger partial charge in [-0.2, -0.15) is 0 Å². The Balaban J connectivity index is 0. The molecule has 0 aromatic carbocycles. The van der Waals surface area contributed by atoms with Crippen LogP contribution in [-0.2, 0) is 9.59 Å². The molecule has 14 heavy (non-hydrogen) atoms. The number of carboxylic acids is 2. The molecule has 0 unspecified atom stereocenters. The Morgan fingerprint density at radius 3 is 1.50 bits per heavy atom. The van der Waals surface area contributed by atoms with E-state index in [0.717, 1.165) is 33.0 Å². The van der Waals surface area contributed by atoms with Gasteiger partial charge in [-0.15, -0.1) is 0 Å². The molecule has 1 rings (SSSR count). The monoisotopic (exact) mass is 206 g/mol. The maximum absolute atomic E-state index is 9.00. The average Bonchev–Trinajstić information content (AvgIpc) is 1.80. The SMILES string of the molecule is CC(=O)O.CC(=O)O.CNC1CNC1. The van der Waals surface area contributed by atoms with Crippen molar-refractivity contribution in [3.05, 3.63) is 0 Å². The zero-order valence-corrected chi connectivity index (χ0v) is 8.70. The second-order valence-corrected chi connectivity index (χ2v) is 2.68. The third-order valence-electron chi connectivity index (χ3n) is 1.19. The van der Waals surface area contributed by atoms with Gasteiger partial charge >= 0.3 is 0 Å². The van der Waals surface area contributed by atoms with Crippen LogP contribution >= 0.6 is 0 Å². The number of likely N-dealkylation sites (N-methyl/N-ethyl adjacent to an activating group) is 1. The lowest BCUT2D eigenvalue weighted by Crippen LogP contribution is -2.54. The molecule has 1 aliphatic heterocycles. The van der Waals surface area contributed by atoms with E-state index in [0.29, 0.717) is 0 Å². The Labute approximate surface area is 83.3 Å². The van der Waals surface area contributed by atoms with Crippen molar-refractivity contribution < 1.29 is 19.8 Å². The van der Waals surface area contributed by atoms with Gasteiger partial charge in [0.15, 0.2) is 0 Å². The van der Waals surface area contributed by atoms with E-state index in [-0.39, 0.29) is 0 Å². The molecule has 0 amide bonds. The van der Waals surface area contributed by atoms with Crippen LogP contribution in [0.1, 0.15) is 13.8 Å². The largest absolute Gasteiger partial charge is 0.481 e. The number of hydrogen-bond acceptors (Lipinski definition) is 4. The van der Waals surface area contributed by atoms with Crippen molar-refractivity contribution in [1.29, 1.82) is 0 Å². The zero-order chi connectivity index (χ0) is 11.6. The summed E-state index contributed by atoms with van der Waals surface area (Å²) in [6.45, 7) is 4.47. The fourth-order valence-corrected chi connectivity index (χ4v) is 0.493. The lowest BCUT2D eigenvalue weighted by Gasteiger charge is -2.25. The van der Waals surface area contributed by atoms with Crippen molar-refractivity contribution in [1.82, 2.24) is 10.6 Å². The molecule has 0 spiro atoms. The highest BCUT2D eigenvalue weighted by atomic mass is 16.4. The Hall–Kier alpha value is -1.14. The highest BCUT2D eigenvalue weighted by Crippen LogP contribution is 1.85. The highest BCUT2D eigenvalue weighted by Gasteiger charge is 2.11. The molecule has 84 valence electrons. The van der Waals surface area contributed by atoms with Crippen molar-refractivity contribution in [3.8, 4) is 0 Å². The van der Waals surface area contributed by atoms with E-state index in [1.807, 2.05) is 7.05 Å². The first-order valence-corrected chi connectivity index (χ1v) is 4.17. The molecular formula is C8H18N2O4. The van der Waals surface area contributed by atoms with Crippen LogP contribution < -0.4 is 10.6 Å². The Kier molecular flexibility index (Phi) is 10.9. The summed E-state index contributed by atoms with van der Waals surface area (Å²) in [5.41, 5.74) is 0. The van der Waals surface area contributed by atoms with E-state index in [1.54, 1.807) is 0 Å². The van der Waals surface area contributed by atoms with Crippen molar-refractivity contribution >= 4 is 11.9 Å². The van der Waals surface area contributed by atoms with Gasteiger partial charge in [0, 0.05) is 33.0 Å². The molecule has 4 N–H and O–H groups in total. The average molecular weight is 206 g/mol. The molecule has 1 saturated heterocycles. The summed E-state index contributed by atoms with van der Waals surface area (Å²) in [5.74, 6) is -1.67. The Morgan fingerprint density at radius 1 is 1.21 bits per heavy atom. The molecule has 1 aliphatic rings. The van der Waals surface area contributed by atoms with Gasteiger partial charge in [0.1, 0.15) is 0 Å². The molecule has 6 heteroatoms. The van der Waals surface area contributed by atoms with Gasteiger partial charge < -0.3 is 20.8 Å². The first-order chi connectivity index (χ1) is 6.40. The van der Waals surface area contributed by atoms with Gasteiger partial charge in [-0.25, -0.2) is 0 Å². The summed E-state index contributed by atoms with van der Waals surface area (Å²) >= 11 is 0. The highest BCUT2D eigenvalue weighted by molar-refractivity contribution is 5.63. The van der Waals surface area contributed by atoms with Gasteiger partial charge in [-0.3, -0.25) is 9.59 Å². The Bertz CT molecular complexity index is 146. The van der Waals surface area contributed by atoms with Crippen LogP contribution in [0.4, 0.5) is 0 Å². The molecule has 0 bridgehead atoms. The molecule has 0 aromatic heterocycles. The maximum Gasteiger partial charge on any atom is 0.300 e. The quantitative estimate of drug-likeness (QED) is 0.455. The first-order valence-electron chi connectivity index (χ1n) is 4.17. The maximum atomic E-state index is 9.00. The first kappa shape index (κ1) is 15.3. The van der Waals surface area contributed by atoms with Gasteiger partial charge in [0.05, 0.1) is 0 Å². The standard InChI is InChI=1S/C4H10N2.2C2H4O2/c1-5-4-2-6-3-4;2*1-2(3)4/h4-6H,2-3H2,1H3;2*1H3,(H,3,4). The summed E-state index contributed by atoms with van der Waals surface area (Å²) in [7, 11) is 1.99. The van der Waals surface area contributed by atoms with Crippen LogP contribution in [0.25, 0.3) is 0 Å². The minimum Gasteiger partial charge on any atom is -0.481 e. The number of nitrogens with one attached hydrogen (secondary N) is 2. The van der Waals surface area contributed by atoms with Crippen molar-refractivity contribution in [3.63, 3.8) is 0 Å². The molecular weight excluding hydrogens is 188 g/mol. The molecule has 6 nitrogen and oxygen atoms in total. The normalized spacial score (nSPS) is 13.6. The minimum absolute atomic E-state index is 0.755. The topological polar surface area (TPSA) is 98.7 Å². The summed E-state index contributed by atoms with van der Waals surface area (Å²) < 4.78 is 0. The molecule has 1 fully saturated rings. The van der Waals surface area contributed by atoms with Gasteiger partial charge in [0.25, 0.3) is 11.9 Å². The number of carboxylic acid groups (broad SMARTS) is 2. The third-order valence-corrected chi connectivity index (χ3v) is 1.19. The zero-order valence-electron chi connectivity index (χ0n) is 8.70. The van der Waals surface area contributed by atoms with E-state index >= 15 is 0 Å². The van der Waals surface area contributed by atoms with Gasteiger partial charge in [-0.05, 0) is 7.05 Å². The lowest BCUT2D eigenvalue weighted by molar-refractivity contribution is -0.135. The molecule has 0 saturated carbocycles. The van der Waals surface area contributed by atoms with E-state index in [1.165, 1.54) is 0 Å². The Morgan fingerprint density at radius 2 is 1.50 bits per heavy atom. The molecule has 0 aliphatic carbocycles. The number of hydrogen-bond donors (Lipinski definition) is 4. The number of aliphatic carboxylic acids is 2. The van der Waals surface area contributed by atoms with Crippen molar-refractivity contribution in [2.75, 3.05) is 20.1 Å². The van der Waals surface area contributed by atoms with Gasteiger partial charge in [0.2, 0.25) is 0 Å². The van der Waals surface area contributed by atoms with Crippen LogP contribution in [0.2, 0.25) is 0 Å². The number of rotatable bonds is 1. The lowest BCUT2D eigenvalue weighted by atomic mass is 10.2. The smallest absolute Gasteiger partial charge is 0.300 e. The van der Waals surface area contributed by atoms with Crippen LogP contribution in [0.3, 0.4) is 0 Å². The van der Waals surface area contributed by atoms with Crippen LogP contribution in [-0.4, -0.2) is 48.3 Å². The van der Waals surface area contributed by atoms with Crippen molar-refractivity contribution in [2.24, 2.45) is 0 Å². The molecule has 0 radical (unpaired) electrons. The number of carbonyl (C=O) groups is 2. The molecule has 0 aromatic rings. The van der Waals surface area contributed by atoms with Crippen molar-refractivity contribution in [2.45, 2.75) is 19.9 Å². The third kappa shape index (κ3) is 22.4. The van der Waals surface area contributed by atoms with Crippen LogP contribution in [0, 0.1) is 0 Å². The van der Waals surface area contributed by atoms with E-state index in [9.17, 15) is 0 Å². The second-order valence-electron chi connectivity index (χ2n) is 2.68.